The van der Waals surface area contributed by atoms with Crippen LogP contribution in [0.15, 0.2) is 6.33 Å². The number of aromatic nitrogens is 7. The van der Waals surface area contributed by atoms with Crippen LogP contribution in [0.4, 0.5) is 0 Å². The number of hydrogen-bond acceptors (Lipinski definition) is 7. The van der Waals surface area contributed by atoms with Crippen LogP contribution in [0.3, 0.4) is 0 Å². The van der Waals surface area contributed by atoms with Gasteiger partial charge < -0.3 is 15.2 Å². The molecule has 3 rings (SSSR count). The summed E-state index contributed by atoms with van der Waals surface area (Å²) in [4.78, 5) is 12.3. The molecule has 1 aliphatic rings. The Hall–Kier alpha value is -2.36. The molecule has 3 heterocycles. The van der Waals surface area contributed by atoms with Crippen molar-refractivity contribution in [2.45, 2.75) is 45.8 Å². The molecule has 0 bridgehead atoms. The number of amides is 1. The Kier molecular flexibility index (Phi) is 5.14. The van der Waals surface area contributed by atoms with Crippen molar-refractivity contribution in [1.29, 1.82) is 0 Å². The Bertz CT molecular complexity index is 664. The summed E-state index contributed by atoms with van der Waals surface area (Å²) in [7, 11) is 0. The molecule has 0 aliphatic carbocycles. The van der Waals surface area contributed by atoms with Gasteiger partial charge in [-0.05, 0) is 22.8 Å². The van der Waals surface area contributed by atoms with Crippen molar-refractivity contribution < 1.29 is 4.79 Å². The summed E-state index contributed by atoms with van der Waals surface area (Å²) >= 11 is 0. The fourth-order valence-electron chi connectivity index (χ4n) is 2.89. The molecule has 0 saturated heterocycles. The van der Waals surface area contributed by atoms with E-state index in [-0.39, 0.29) is 18.5 Å². The monoisotopic (exact) mass is 333 g/mol. The van der Waals surface area contributed by atoms with Gasteiger partial charge in [0.2, 0.25) is 5.91 Å². The number of tetrazole rings is 1. The van der Waals surface area contributed by atoms with Crippen LogP contribution in [-0.4, -0.2) is 54.0 Å². The first-order valence-electron chi connectivity index (χ1n) is 8.26. The lowest BCUT2D eigenvalue weighted by Crippen LogP contribution is -2.34. The third kappa shape index (κ3) is 3.94. The van der Waals surface area contributed by atoms with E-state index in [1.54, 1.807) is 0 Å². The van der Waals surface area contributed by atoms with Gasteiger partial charge >= 0.3 is 0 Å². The maximum atomic E-state index is 12.3. The minimum absolute atomic E-state index is 0.0874. The third-order valence-electron chi connectivity index (χ3n) is 3.94. The zero-order valence-electron chi connectivity index (χ0n) is 14.0. The molecular weight excluding hydrogens is 310 g/mol. The van der Waals surface area contributed by atoms with Crippen LogP contribution < -0.4 is 10.6 Å². The molecule has 10 nitrogen and oxygen atoms in total. The summed E-state index contributed by atoms with van der Waals surface area (Å²) < 4.78 is 3.53. The topological polar surface area (TPSA) is 115 Å². The summed E-state index contributed by atoms with van der Waals surface area (Å²) in [6.45, 7) is 6.94. The van der Waals surface area contributed by atoms with Gasteiger partial charge in [0.05, 0.1) is 6.04 Å². The molecule has 2 N–H and O–H groups in total. The van der Waals surface area contributed by atoms with E-state index >= 15 is 0 Å². The van der Waals surface area contributed by atoms with Crippen LogP contribution in [0.1, 0.15) is 38.0 Å². The fourth-order valence-corrected chi connectivity index (χ4v) is 2.89. The summed E-state index contributed by atoms with van der Waals surface area (Å²) in [5.41, 5.74) is 0. The van der Waals surface area contributed by atoms with Gasteiger partial charge in [-0.1, -0.05) is 13.8 Å². The lowest BCUT2D eigenvalue weighted by molar-refractivity contribution is -0.122. The van der Waals surface area contributed by atoms with E-state index in [0.29, 0.717) is 5.92 Å². The average Bonchev–Trinajstić information content (AvgIpc) is 3.11. The van der Waals surface area contributed by atoms with Crippen molar-refractivity contribution >= 4 is 5.91 Å². The quantitative estimate of drug-likeness (QED) is 0.719. The molecule has 0 fully saturated rings. The molecule has 2 aromatic rings. The molecule has 0 saturated carbocycles. The Morgan fingerprint density at radius 3 is 3.00 bits per heavy atom. The Balaban J connectivity index is 1.76. The molecular formula is C14H23N9O. The van der Waals surface area contributed by atoms with Crippen molar-refractivity contribution in [3.8, 4) is 0 Å². The predicted molar refractivity (Wildman–Crippen MR) is 84.8 cm³/mol. The lowest BCUT2D eigenvalue weighted by atomic mass is 10.0. The lowest BCUT2D eigenvalue weighted by Gasteiger charge is -2.21. The fraction of sp³-hybridized carbons (Fsp3) is 0.714. The van der Waals surface area contributed by atoms with Crippen LogP contribution >= 0.6 is 0 Å². The van der Waals surface area contributed by atoms with Crippen molar-refractivity contribution in [1.82, 2.24) is 45.6 Å². The second-order valence-electron chi connectivity index (χ2n) is 6.38. The Morgan fingerprint density at radius 1 is 1.38 bits per heavy atom. The molecule has 10 heteroatoms. The van der Waals surface area contributed by atoms with Crippen LogP contribution in [0.5, 0.6) is 0 Å². The van der Waals surface area contributed by atoms with E-state index in [0.717, 1.165) is 44.1 Å². The molecule has 0 unspecified atom stereocenters. The SMILES string of the molecule is CC(C)C[C@@H](NC(=O)Cn1cnnn1)c1nnc2n1CCNCC2. The van der Waals surface area contributed by atoms with Gasteiger partial charge in [0.1, 0.15) is 18.7 Å². The molecule has 0 spiro atoms. The number of fused-ring (bicyclic) bond motifs is 1. The highest BCUT2D eigenvalue weighted by Gasteiger charge is 2.24. The van der Waals surface area contributed by atoms with E-state index in [1.807, 2.05) is 0 Å². The van der Waals surface area contributed by atoms with Gasteiger partial charge in [-0.2, -0.15) is 0 Å². The zero-order valence-corrected chi connectivity index (χ0v) is 14.0. The number of rotatable bonds is 6. The smallest absolute Gasteiger partial charge is 0.242 e. The molecule has 1 atom stereocenters. The first kappa shape index (κ1) is 16.5. The van der Waals surface area contributed by atoms with E-state index < -0.39 is 0 Å². The van der Waals surface area contributed by atoms with Crippen LogP contribution in [0.2, 0.25) is 0 Å². The highest BCUT2D eigenvalue weighted by molar-refractivity contribution is 5.76. The summed E-state index contributed by atoms with van der Waals surface area (Å²) in [5.74, 6) is 2.07. The molecule has 2 aromatic heterocycles. The molecule has 0 aromatic carbocycles. The highest BCUT2D eigenvalue weighted by Crippen LogP contribution is 2.21. The average molecular weight is 333 g/mol. The van der Waals surface area contributed by atoms with Gasteiger partial charge in [-0.3, -0.25) is 4.79 Å². The standard InChI is InChI=1S/C14H23N9O/c1-10(2)7-11(17-13(24)8-22-9-16-20-21-22)14-19-18-12-3-4-15-5-6-23(12)14/h9-11,15H,3-8H2,1-2H3,(H,17,24)/t11-/m1/s1. The second kappa shape index (κ2) is 7.47. The van der Waals surface area contributed by atoms with Crippen LogP contribution in [-0.2, 0) is 24.3 Å². The van der Waals surface area contributed by atoms with Gasteiger partial charge in [0.15, 0.2) is 5.82 Å². The maximum absolute atomic E-state index is 12.3. The molecule has 24 heavy (non-hydrogen) atoms. The van der Waals surface area contributed by atoms with E-state index in [1.165, 1.54) is 11.0 Å². The van der Waals surface area contributed by atoms with Gasteiger partial charge in [0, 0.05) is 26.1 Å². The largest absolute Gasteiger partial charge is 0.344 e. The Morgan fingerprint density at radius 2 is 2.25 bits per heavy atom. The number of nitrogens with zero attached hydrogens (tertiary/aromatic N) is 7. The zero-order chi connectivity index (χ0) is 16.9. The maximum Gasteiger partial charge on any atom is 0.242 e. The van der Waals surface area contributed by atoms with Crippen LogP contribution in [0, 0.1) is 5.92 Å². The second-order valence-corrected chi connectivity index (χ2v) is 6.38. The minimum atomic E-state index is -0.173. The van der Waals surface area contributed by atoms with Crippen molar-refractivity contribution in [2.24, 2.45) is 5.92 Å². The predicted octanol–water partition coefficient (Wildman–Crippen LogP) is -0.686. The van der Waals surface area contributed by atoms with E-state index in [9.17, 15) is 4.79 Å². The number of carbonyl (C=O) groups excluding carboxylic acids is 1. The van der Waals surface area contributed by atoms with Crippen molar-refractivity contribution in [3.63, 3.8) is 0 Å². The van der Waals surface area contributed by atoms with Crippen molar-refractivity contribution in [3.05, 3.63) is 18.0 Å². The van der Waals surface area contributed by atoms with Crippen LogP contribution in [0.25, 0.3) is 0 Å². The number of carbonyl (C=O) groups is 1. The number of hydrogen-bond donors (Lipinski definition) is 2. The first-order chi connectivity index (χ1) is 11.6. The molecule has 130 valence electrons. The van der Waals surface area contributed by atoms with Crippen molar-refractivity contribution in [2.75, 3.05) is 13.1 Å². The van der Waals surface area contributed by atoms with E-state index in [2.05, 4.69) is 54.8 Å². The van der Waals surface area contributed by atoms with Gasteiger partial charge in [-0.15, -0.1) is 15.3 Å². The summed E-state index contributed by atoms with van der Waals surface area (Å²) in [6.07, 6.45) is 3.07. The first-order valence-corrected chi connectivity index (χ1v) is 8.26. The minimum Gasteiger partial charge on any atom is -0.344 e. The highest BCUT2D eigenvalue weighted by atomic mass is 16.2. The summed E-state index contributed by atoms with van der Waals surface area (Å²) in [5, 5.41) is 25.9. The third-order valence-corrected chi connectivity index (χ3v) is 3.94. The van der Waals surface area contributed by atoms with Gasteiger partial charge in [-0.25, -0.2) is 4.68 Å². The normalized spacial score (nSPS) is 15.8. The van der Waals surface area contributed by atoms with Gasteiger partial charge in [0.25, 0.3) is 0 Å². The Labute approximate surface area is 140 Å². The molecule has 1 aliphatic heterocycles. The molecule has 0 radical (unpaired) electrons. The number of nitrogens with one attached hydrogen (secondary N) is 2. The van der Waals surface area contributed by atoms with E-state index in [4.69, 9.17) is 0 Å². The summed E-state index contributed by atoms with van der Waals surface area (Å²) in [6, 6.07) is -0.173. The molecule has 1 amide bonds.